The Hall–Kier alpha value is -2.56. The van der Waals surface area contributed by atoms with Gasteiger partial charge in [0.2, 0.25) is 5.91 Å². The Labute approximate surface area is 223 Å². The van der Waals surface area contributed by atoms with Gasteiger partial charge in [0, 0.05) is 11.4 Å². The third kappa shape index (κ3) is 6.22. The molecule has 0 aliphatic heterocycles. The number of ether oxygens (including phenoxy) is 2. The Morgan fingerprint density at radius 1 is 1.22 bits per heavy atom. The number of halogens is 1. The third-order valence-electron chi connectivity index (χ3n) is 5.61. The molecule has 0 fully saturated rings. The number of hydrogen-bond donors (Lipinski definition) is 1. The Kier molecular flexibility index (Phi) is 8.92. The van der Waals surface area contributed by atoms with Gasteiger partial charge in [-0.3, -0.25) is 4.79 Å². The van der Waals surface area contributed by atoms with Crippen molar-refractivity contribution in [2.24, 2.45) is 0 Å². The van der Waals surface area contributed by atoms with Crippen LogP contribution in [0.25, 0.3) is 0 Å². The fourth-order valence-electron chi connectivity index (χ4n) is 3.99. The molecule has 0 atom stereocenters. The molecule has 3 aromatic rings. The molecule has 0 unspecified atom stereocenters. The van der Waals surface area contributed by atoms with E-state index in [0.717, 1.165) is 36.1 Å². The average Bonchev–Trinajstić information content (AvgIpc) is 3.41. The maximum absolute atomic E-state index is 12.9. The normalized spacial score (nSPS) is 12.9. The number of amides is 1. The number of nitrogens with one attached hydrogen (secondary N) is 1. The minimum Gasteiger partial charge on any atom is -0.484 e. The van der Waals surface area contributed by atoms with E-state index < -0.39 is 0 Å². The van der Waals surface area contributed by atoms with E-state index in [-0.39, 0.29) is 30.3 Å². The summed E-state index contributed by atoms with van der Waals surface area (Å²) >= 11 is 8.94. The van der Waals surface area contributed by atoms with Crippen LogP contribution < -0.4 is 10.1 Å². The van der Waals surface area contributed by atoms with Gasteiger partial charge in [-0.1, -0.05) is 35.5 Å². The Morgan fingerprint density at radius 3 is 2.75 bits per heavy atom. The van der Waals surface area contributed by atoms with E-state index in [9.17, 15) is 9.59 Å². The van der Waals surface area contributed by atoms with Crippen LogP contribution in [-0.4, -0.2) is 38.5 Å². The highest BCUT2D eigenvalue weighted by Gasteiger charge is 2.28. The minimum atomic E-state index is -0.374. The van der Waals surface area contributed by atoms with Crippen LogP contribution in [0.1, 0.15) is 60.2 Å². The molecule has 1 aliphatic carbocycles. The first kappa shape index (κ1) is 26.5. The van der Waals surface area contributed by atoms with Crippen LogP contribution in [-0.2, 0) is 35.5 Å². The molecule has 0 spiro atoms. The number of aromatic nitrogens is 3. The Bertz CT molecular complexity index is 1240. The van der Waals surface area contributed by atoms with Gasteiger partial charge in [0.25, 0.3) is 0 Å². The summed E-state index contributed by atoms with van der Waals surface area (Å²) in [6.45, 7) is 6.46. The molecule has 0 saturated carbocycles. The van der Waals surface area contributed by atoms with Crippen LogP contribution in [0, 0.1) is 0 Å². The number of carbonyl (C=O) groups excluding carboxylic acids is 2. The van der Waals surface area contributed by atoms with Gasteiger partial charge in [0.15, 0.2) is 11.0 Å². The summed E-state index contributed by atoms with van der Waals surface area (Å²) in [6.07, 6.45) is 3.64. The number of thiophene rings is 1. The molecule has 1 aliphatic rings. The highest BCUT2D eigenvalue weighted by Crippen LogP contribution is 2.39. The number of benzene rings is 1. The lowest BCUT2D eigenvalue weighted by molar-refractivity contribution is -0.113. The van der Waals surface area contributed by atoms with Gasteiger partial charge in [-0.05, 0) is 64.2 Å². The van der Waals surface area contributed by atoms with Crippen molar-refractivity contribution in [2.45, 2.75) is 70.9 Å². The van der Waals surface area contributed by atoms with Crippen molar-refractivity contribution in [2.75, 3.05) is 11.1 Å². The van der Waals surface area contributed by atoms with Crippen molar-refractivity contribution in [1.82, 2.24) is 14.8 Å². The number of rotatable bonds is 10. The quantitative estimate of drug-likeness (QED) is 0.254. The fourth-order valence-corrected chi connectivity index (χ4v) is 6.30. The predicted molar refractivity (Wildman–Crippen MR) is 142 cm³/mol. The highest BCUT2D eigenvalue weighted by atomic mass is 35.5. The molecule has 1 amide bonds. The molecule has 8 nitrogen and oxygen atoms in total. The fraction of sp³-hybridized carbons (Fsp3) is 0.440. The average molecular weight is 549 g/mol. The smallest absolute Gasteiger partial charge is 0.341 e. The van der Waals surface area contributed by atoms with E-state index in [2.05, 4.69) is 15.5 Å². The lowest BCUT2D eigenvalue weighted by Gasteiger charge is -2.14. The van der Waals surface area contributed by atoms with Crippen LogP contribution in [0.4, 0.5) is 5.00 Å². The topological polar surface area (TPSA) is 95.3 Å². The second kappa shape index (κ2) is 12.1. The van der Waals surface area contributed by atoms with Crippen molar-refractivity contribution in [3.63, 3.8) is 0 Å². The first-order chi connectivity index (χ1) is 17.4. The number of hydrogen-bond acceptors (Lipinski definition) is 8. The molecule has 0 bridgehead atoms. The van der Waals surface area contributed by atoms with Gasteiger partial charge in [0.05, 0.1) is 22.4 Å². The summed E-state index contributed by atoms with van der Waals surface area (Å²) in [5.74, 6) is 0.761. The summed E-state index contributed by atoms with van der Waals surface area (Å²) in [5.41, 5.74) is 1.53. The molecule has 11 heteroatoms. The zero-order valence-corrected chi connectivity index (χ0v) is 22.9. The molecule has 192 valence electrons. The lowest BCUT2D eigenvalue weighted by atomic mass is 9.95. The van der Waals surface area contributed by atoms with Gasteiger partial charge >= 0.3 is 5.97 Å². The molecule has 0 saturated heterocycles. The molecular formula is C25H29ClN4O4S2. The number of anilines is 1. The Morgan fingerprint density at radius 2 is 2.00 bits per heavy atom. The molecule has 4 rings (SSSR count). The van der Waals surface area contributed by atoms with Crippen molar-refractivity contribution in [3.05, 3.63) is 51.1 Å². The molecule has 2 heterocycles. The van der Waals surface area contributed by atoms with Gasteiger partial charge in [0.1, 0.15) is 17.4 Å². The van der Waals surface area contributed by atoms with Gasteiger partial charge in [-0.2, -0.15) is 0 Å². The van der Waals surface area contributed by atoms with E-state index in [1.54, 1.807) is 12.1 Å². The summed E-state index contributed by atoms with van der Waals surface area (Å²) in [4.78, 5) is 26.9. The third-order valence-corrected chi connectivity index (χ3v) is 8.09. The van der Waals surface area contributed by atoms with Crippen molar-refractivity contribution >= 4 is 51.6 Å². The number of para-hydroxylation sites is 1. The van der Waals surface area contributed by atoms with Gasteiger partial charge in [-0.15, -0.1) is 21.5 Å². The van der Waals surface area contributed by atoms with E-state index in [1.807, 2.05) is 37.5 Å². The predicted octanol–water partition coefficient (Wildman–Crippen LogP) is 5.77. The van der Waals surface area contributed by atoms with Crippen LogP contribution in [0.15, 0.2) is 29.4 Å². The first-order valence-corrected chi connectivity index (χ1v) is 14.1. The standard InChI is InChI=1S/C25H29ClN4O4S2/c1-4-30-20(13-33-18-11-7-6-10-17(18)26)28-29-25(30)35-14-21(31)27-23-22(24(32)34-15(2)3)16-9-5-8-12-19(16)36-23/h6-7,10-11,15H,4-5,8-9,12-14H2,1-3H3,(H,27,31). The SMILES string of the molecule is CCn1c(COc2ccccc2Cl)nnc1SCC(=O)Nc1sc2c(c1C(=O)OC(C)C)CCCC2. The summed E-state index contributed by atoms with van der Waals surface area (Å²) in [6, 6.07) is 7.25. The van der Waals surface area contributed by atoms with Crippen molar-refractivity contribution < 1.29 is 19.1 Å². The number of aryl methyl sites for hydroxylation is 1. The lowest BCUT2D eigenvalue weighted by Crippen LogP contribution is -2.19. The van der Waals surface area contributed by atoms with E-state index in [1.165, 1.54) is 23.1 Å². The van der Waals surface area contributed by atoms with Crippen LogP contribution in [0.2, 0.25) is 5.02 Å². The second-order valence-corrected chi connectivity index (χ2v) is 11.0. The first-order valence-electron chi connectivity index (χ1n) is 11.9. The number of esters is 1. The molecule has 2 aromatic heterocycles. The highest BCUT2D eigenvalue weighted by molar-refractivity contribution is 7.99. The zero-order chi connectivity index (χ0) is 25.7. The number of fused-ring (bicyclic) bond motifs is 1. The van der Waals surface area contributed by atoms with Crippen LogP contribution in [0.3, 0.4) is 0 Å². The molecule has 36 heavy (non-hydrogen) atoms. The van der Waals surface area contributed by atoms with Crippen LogP contribution in [0.5, 0.6) is 5.75 Å². The second-order valence-electron chi connectivity index (χ2n) is 8.57. The van der Waals surface area contributed by atoms with Crippen molar-refractivity contribution in [3.8, 4) is 5.75 Å². The number of thioether (sulfide) groups is 1. The monoisotopic (exact) mass is 548 g/mol. The Balaban J connectivity index is 1.41. The van der Waals surface area contributed by atoms with Crippen molar-refractivity contribution in [1.29, 1.82) is 0 Å². The molecule has 0 radical (unpaired) electrons. The van der Waals surface area contributed by atoms with Gasteiger partial charge < -0.3 is 19.4 Å². The van der Waals surface area contributed by atoms with Crippen LogP contribution >= 0.6 is 34.7 Å². The molecule has 1 N–H and O–H groups in total. The zero-order valence-electron chi connectivity index (χ0n) is 20.5. The van der Waals surface area contributed by atoms with E-state index in [0.29, 0.717) is 38.9 Å². The largest absolute Gasteiger partial charge is 0.484 e. The molecule has 1 aromatic carbocycles. The number of carbonyl (C=O) groups is 2. The summed E-state index contributed by atoms with van der Waals surface area (Å²) in [7, 11) is 0. The maximum Gasteiger partial charge on any atom is 0.341 e. The maximum atomic E-state index is 12.9. The van der Waals surface area contributed by atoms with Gasteiger partial charge in [-0.25, -0.2) is 4.79 Å². The summed E-state index contributed by atoms with van der Waals surface area (Å²) in [5, 5.41) is 13.1. The minimum absolute atomic E-state index is 0.130. The van der Waals surface area contributed by atoms with E-state index >= 15 is 0 Å². The summed E-state index contributed by atoms with van der Waals surface area (Å²) < 4.78 is 13.2. The van der Waals surface area contributed by atoms with E-state index in [4.69, 9.17) is 21.1 Å². The number of nitrogens with zero attached hydrogens (tertiary/aromatic N) is 3. The molecular weight excluding hydrogens is 520 g/mol.